The van der Waals surface area contributed by atoms with Crippen LogP contribution in [-0.4, -0.2) is 40.9 Å². The Bertz CT molecular complexity index is 912. The highest BCUT2D eigenvalue weighted by Gasteiger charge is 2.31. The van der Waals surface area contributed by atoms with Crippen LogP contribution in [0.4, 0.5) is 0 Å². The molecule has 0 radical (unpaired) electrons. The number of hydrogen-bond donors (Lipinski definition) is 1. The van der Waals surface area contributed by atoms with Crippen LogP contribution in [0.5, 0.6) is 0 Å². The van der Waals surface area contributed by atoms with Crippen LogP contribution in [0.1, 0.15) is 42.0 Å². The number of carbonyl (C=O) groups is 2. The monoisotopic (exact) mass is 383 g/mol. The van der Waals surface area contributed by atoms with Crippen molar-refractivity contribution in [2.45, 2.75) is 32.2 Å². The third-order valence-corrected chi connectivity index (χ3v) is 5.44. The average Bonchev–Trinajstić information content (AvgIpc) is 3.44. The Hall–Kier alpha value is -2.83. The van der Waals surface area contributed by atoms with Gasteiger partial charge in [-0.3, -0.25) is 14.4 Å². The van der Waals surface area contributed by atoms with Crippen LogP contribution in [0.25, 0.3) is 0 Å². The molecule has 28 heavy (non-hydrogen) atoms. The fourth-order valence-corrected chi connectivity index (χ4v) is 3.58. The van der Waals surface area contributed by atoms with E-state index in [0.29, 0.717) is 24.8 Å². The van der Waals surface area contributed by atoms with Gasteiger partial charge in [0.25, 0.3) is 11.5 Å². The molecule has 2 aromatic heterocycles. The summed E-state index contributed by atoms with van der Waals surface area (Å²) in [5.74, 6) is 1.13. The van der Waals surface area contributed by atoms with Gasteiger partial charge in [0.1, 0.15) is 5.76 Å². The lowest BCUT2D eigenvalue weighted by Gasteiger charge is -2.31. The molecule has 0 spiro atoms. The highest BCUT2D eigenvalue weighted by Crippen LogP contribution is 2.28. The van der Waals surface area contributed by atoms with E-state index in [2.05, 4.69) is 5.32 Å². The van der Waals surface area contributed by atoms with Crippen LogP contribution >= 0.6 is 0 Å². The third-order valence-electron chi connectivity index (χ3n) is 5.44. The van der Waals surface area contributed by atoms with Gasteiger partial charge in [0, 0.05) is 31.9 Å². The highest BCUT2D eigenvalue weighted by molar-refractivity contribution is 5.92. The molecule has 7 heteroatoms. The second-order valence-corrected chi connectivity index (χ2v) is 7.71. The molecular weight excluding hydrogens is 358 g/mol. The number of pyridine rings is 1. The minimum Gasteiger partial charge on any atom is -0.454 e. The molecule has 2 aliphatic rings. The van der Waals surface area contributed by atoms with Crippen molar-refractivity contribution in [3.05, 3.63) is 58.4 Å². The molecule has 0 bridgehead atoms. The molecule has 1 atom stereocenters. The van der Waals surface area contributed by atoms with Crippen molar-refractivity contribution in [1.29, 1.82) is 0 Å². The zero-order chi connectivity index (χ0) is 19.5. The molecule has 3 heterocycles. The summed E-state index contributed by atoms with van der Waals surface area (Å²) < 4.78 is 7.21. The summed E-state index contributed by atoms with van der Waals surface area (Å²) in [5, 5.41) is 3.02. The number of likely N-dealkylation sites (tertiary alicyclic amines) is 1. The van der Waals surface area contributed by atoms with Gasteiger partial charge in [-0.1, -0.05) is 6.07 Å². The van der Waals surface area contributed by atoms with Gasteiger partial charge >= 0.3 is 0 Å². The first kappa shape index (κ1) is 18.5. The number of piperidine rings is 1. The smallest absolute Gasteiger partial charge is 0.289 e. The maximum atomic E-state index is 12.8. The Labute approximate surface area is 163 Å². The maximum absolute atomic E-state index is 12.8. The largest absolute Gasteiger partial charge is 0.454 e. The summed E-state index contributed by atoms with van der Waals surface area (Å²) in [6.45, 7) is 2.08. The van der Waals surface area contributed by atoms with Crippen molar-refractivity contribution < 1.29 is 14.0 Å². The average molecular weight is 383 g/mol. The zero-order valence-electron chi connectivity index (χ0n) is 15.8. The lowest BCUT2D eigenvalue weighted by molar-refractivity contribution is -0.126. The quantitative estimate of drug-likeness (QED) is 0.825. The van der Waals surface area contributed by atoms with E-state index >= 15 is 0 Å². The molecule has 7 nitrogen and oxygen atoms in total. The van der Waals surface area contributed by atoms with Crippen molar-refractivity contribution in [1.82, 2.24) is 14.8 Å². The molecule has 2 amide bonds. The Morgan fingerprint density at radius 1 is 1.14 bits per heavy atom. The third kappa shape index (κ3) is 4.35. The van der Waals surface area contributed by atoms with Gasteiger partial charge in [-0.25, -0.2) is 0 Å². The van der Waals surface area contributed by atoms with Crippen molar-refractivity contribution in [2.24, 2.45) is 11.8 Å². The lowest BCUT2D eigenvalue weighted by Crippen LogP contribution is -2.45. The van der Waals surface area contributed by atoms with Crippen LogP contribution in [0, 0.1) is 11.8 Å². The Kier molecular flexibility index (Phi) is 5.32. The summed E-state index contributed by atoms with van der Waals surface area (Å²) in [7, 11) is 0. The van der Waals surface area contributed by atoms with Gasteiger partial charge in [0.2, 0.25) is 5.91 Å². The van der Waals surface area contributed by atoms with Gasteiger partial charge in [-0.2, -0.15) is 0 Å². The van der Waals surface area contributed by atoms with E-state index in [1.807, 2.05) is 0 Å². The van der Waals surface area contributed by atoms with E-state index in [9.17, 15) is 14.4 Å². The number of amides is 2. The van der Waals surface area contributed by atoms with E-state index in [4.69, 9.17) is 4.42 Å². The Morgan fingerprint density at radius 2 is 2.00 bits per heavy atom. The van der Waals surface area contributed by atoms with E-state index in [-0.39, 0.29) is 35.6 Å². The molecule has 2 fully saturated rings. The predicted molar refractivity (Wildman–Crippen MR) is 103 cm³/mol. The molecule has 1 N–H and O–H groups in total. The number of hydrogen-bond acceptors (Lipinski definition) is 4. The number of carbonyl (C=O) groups excluding carboxylic acids is 2. The molecule has 0 unspecified atom stereocenters. The van der Waals surface area contributed by atoms with E-state index in [1.165, 1.54) is 23.5 Å². The van der Waals surface area contributed by atoms with E-state index in [1.54, 1.807) is 35.4 Å². The summed E-state index contributed by atoms with van der Waals surface area (Å²) >= 11 is 0. The van der Waals surface area contributed by atoms with Crippen LogP contribution in [-0.2, 0) is 11.3 Å². The fourth-order valence-electron chi connectivity index (χ4n) is 3.58. The van der Waals surface area contributed by atoms with Gasteiger partial charge in [-0.15, -0.1) is 0 Å². The molecule has 1 aliphatic carbocycles. The topological polar surface area (TPSA) is 84.5 Å². The lowest BCUT2D eigenvalue weighted by atomic mass is 9.97. The molecule has 2 aromatic rings. The van der Waals surface area contributed by atoms with Crippen LogP contribution < -0.4 is 10.9 Å². The second kappa shape index (κ2) is 8.04. The van der Waals surface area contributed by atoms with Crippen molar-refractivity contribution in [3.8, 4) is 0 Å². The van der Waals surface area contributed by atoms with E-state index < -0.39 is 0 Å². The first-order valence-corrected chi connectivity index (χ1v) is 9.91. The van der Waals surface area contributed by atoms with E-state index in [0.717, 1.165) is 19.4 Å². The summed E-state index contributed by atoms with van der Waals surface area (Å²) in [5.41, 5.74) is -0.122. The molecule has 1 saturated carbocycles. The number of aromatic nitrogens is 1. The van der Waals surface area contributed by atoms with Crippen LogP contribution in [0.15, 0.2) is 45.7 Å². The summed E-state index contributed by atoms with van der Waals surface area (Å²) in [4.78, 5) is 38.7. The molecule has 0 aromatic carbocycles. The van der Waals surface area contributed by atoms with Gasteiger partial charge in [0.05, 0.1) is 12.5 Å². The summed E-state index contributed by atoms with van der Waals surface area (Å²) in [6.07, 6.45) is 5.69. The normalized spacial score (nSPS) is 19.4. The fraction of sp³-hybridized carbons (Fsp3) is 0.476. The molecule has 148 valence electrons. The second-order valence-electron chi connectivity index (χ2n) is 7.71. The first-order valence-electron chi connectivity index (χ1n) is 9.91. The van der Waals surface area contributed by atoms with Gasteiger partial charge in [0.15, 0.2) is 5.76 Å². The molecular formula is C21H25N3O4. The standard InChI is InChI=1S/C21H25N3O4/c25-19-5-1-2-10-23(19)14-17-8-9-18(28-17)21(27)24-11-3-4-16(13-24)20(26)22-12-15-6-7-15/h1-2,5,8-10,15-16H,3-4,6-7,11-14H2,(H,22,26)/t16-/m0/s1. The number of nitrogens with one attached hydrogen (secondary N) is 1. The minimum atomic E-state index is -0.202. The molecule has 1 saturated heterocycles. The minimum absolute atomic E-state index is 0.0491. The Morgan fingerprint density at radius 3 is 2.79 bits per heavy atom. The number of nitrogens with zero attached hydrogens (tertiary/aromatic N) is 2. The van der Waals surface area contributed by atoms with Crippen LogP contribution in [0.2, 0.25) is 0 Å². The van der Waals surface area contributed by atoms with Gasteiger partial charge in [-0.05, 0) is 49.8 Å². The number of furan rings is 1. The first-order chi connectivity index (χ1) is 13.6. The zero-order valence-corrected chi connectivity index (χ0v) is 15.8. The number of rotatable bonds is 6. The van der Waals surface area contributed by atoms with Crippen LogP contribution in [0.3, 0.4) is 0 Å². The van der Waals surface area contributed by atoms with Crippen molar-refractivity contribution >= 4 is 11.8 Å². The highest BCUT2D eigenvalue weighted by atomic mass is 16.4. The van der Waals surface area contributed by atoms with Gasteiger partial charge < -0.3 is 19.2 Å². The molecule has 1 aliphatic heterocycles. The predicted octanol–water partition coefficient (Wildman–Crippen LogP) is 1.87. The maximum Gasteiger partial charge on any atom is 0.289 e. The Balaban J connectivity index is 1.37. The van der Waals surface area contributed by atoms with Crippen molar-refractivity contribution in [2.75, 3.05) is 19.6 Å². The SMILES string of the molecule is O=C(NCC1CC1)[C@H]1CCCN(C(=O)c2ccc(Cn3ccccc3=O)o2)C1. The van der Waals surface area contributed by atoms with Crippen molar-refractivity contribution in [3.63, 3.8) is 0 Å². The summed E-state index contributed by atoms with van der Waals surface area (Å²) in [6, 6.07) is 8.30. The molecule has 4 rings (SSSR count).